The van der Waals surface area contributed by atoms with Gasteiger partial charge < -0.3 is 11.5 Å². The van der Waals surface area contributed by atoms with Gasteiger partial charge in [-0.05, 0) is 25.0 Å². The number of thioether (sulfide) groups is 1. The van der Waals surface area contributed by atoms with E-state index >= 15 is 0 Å². The average Bonchev–Trinajstić information content (AvgIpc) is 2.44. The molecular weight excluding hydrogens is 270 g/mol. The fourth-order valence-electron chi connectivity index (χ4n) is 1.70. The third-order valence-corrected chi connectivity index (χ3v) is 3.87. The van der Waals surface area contributed by atoms with Crippen LogP contribution in [-0.2, 0) is 6.42 Å². The Morgan fingerprint density at radius 2 is 2.00 bits per heavy atom. The van der Waals surface area contributed by atoms with Crippen LogP contribution in [0, 0.1) is 6.92 Å². The maximum atomic E-state index is 5.98. The first-order valence-corrected chi connectivity index (χ1v) is 7.55. The van der Waals surface area contributed by atoms with Crippen LogP contribution in [0.1, 0.15) is 30.3 Å². The third kappa shape index (κ3) is 3.60. The van der Waals surface area contributed by atoms with Gasteiger partial charge in [0.2, 0.25) is 0 Å². The number of nitrogen functional groups attached to an aromatic ring is 2. The minimum Gasteiger partial charge on any atom is -0.394 e. The lowest BCUT2D eigenvalue weighted by molar-refractivity contribution is 0.909. The predicted octanol–water partition coefficient (Wildman–Crippen LogP) is 2.44. The maximum Gasteiger partial charge on any atom is 0.189 e. The normalized spacial score (nSPS) is 10.7. The lowest BCUT2D eigenvalue weighted by atomic mass is 10.1. The minimum atomic E-state index is 0.355. The van der Waals surface area contributed by atoms with Crippen molar-refractivity contribution < 1.29 is 0 Å². The van der Waals surface area contributed by atoms with E-state index in [1.807, 2.05) is 25.3 Å². The molecule has 0 aromatic carbocycles. The van der Waals surface area contributed by atoms with Crippen LogP contribution in [0.2, 0.25) is 0 Å². The summed E-state index contributed by atoms with van der Waals surface area (Å²) >= 11 is 1.60. The second-order valence-corrected chi connectivity index (χ2v) is 5.65. The van der Waals surface area contributed by atoms with Gasteiger partial charge in [-0.15, -0.1) is 0 Å². The third-order valence-electron chi connectivity index (χ3n) is 2.81. The van der Waals surface area contributed by atoms with Crippen LogP contribution in [0.4, 0.5) is 11.5 Å². The molecule has 0 spiro atoms. The second kappa shape index (κ2) is 6.56. The first-order valence-electron chi connectivity index (χ1n) is 6.56. The van der Waals surface area contributed by atoms with Crippen molar-refractivity contribution in [2.24, 2.45) is 0 Å². The summed E-state index contributed by atoms with van der Waals surface area (Å²) < 4.78 is 0. The lowest BCUT2D eigenvalue weighted by Crippen LogP contribution is -2.07. The first-order chi connectivity index (χ1) is 9.60. The Hall–Kier alpha value is -1.82. The Balaban J connectivity index is 2.25. The largest absolute Gasteiger partial charge is 0.394 e. The highest BCUT2D eigenvalue weighted by atomic mass is 32.2. The Morgan fingerprint density at radius 1 is 1.20 bits per heavy atom. The summed E-state index contributed by atoms with van der Waals surface area (Å²) in [6.45, 7) is 4.08. The highest BCUT2D eigenvalue weighted by Gasteiger charge is 2.10. The Labute approximate surface area is 123 Å². The van der Waals surface area contributed by atoms with Crippen molar-refractivity contribution in [1.29, 1.82) is 0 Å². The molecule has 2 heterocycles. The van der Waals surface area contributed by atoms with Gasteiger partial charge in [-0.2, -0.15) is 0 Å². The molecule has 0 fully saturated rings. The van der Waals surface area contributed by atoms with E-state index in [-0.39, 0.29) is 0 Å². The van der Waals surface area contributed by atoms with E-state index in [0.717, 1.165) is 29.1 Å². The van der Waals surface area contributed by atoms with Gasteiger partial charge in [-0.1, -0.05) is 24.8 Å². The summed E-state index contributed by atoms with van der Waals surface area (Å²) in [5.74, 6) is 1.32. The molecule has 0 saturated carbocycles. The first kappa shape index (κ1) is 14.6. The van der Waals surface area contributed by atoms with Crippen LogP contribution in [0.25, 0.3) is 0 Å². The van der Waals surface area contributed by atoms with E-state index < -0.39 is 0 Å². The molecule has 6 heteroatoms. The zero-order valence-corrected chi connectivity index (χ0v) is 12.6. The number of aromatic nitrogens is 3. The number of aryl methyl sites for hydroxylation is 1. The molecule has 0 aliphatic rings. The molecule has 2 aromatic rings. The summed E-state index contributed by atoms with van der Waals surface area (Å²) in [4.78, 5) is 13.0. The smallest absolute Gasteiger partial charge is 0.189 e. The zero-order valence-electron chi connectivity index (χ0n) is 11.8. The Kier molecular flexibility index (Phi) is 4.79. The molecule has 2 aromatic heterocycles. The molecule has 0 radical (unpaired) electrons. The zero-order chi connectivity index (χ0) is 14.5. The Bertz CT molecular complexity index is 583. The van der Waals surface area contributed by atoms with Gasteiger partial charge in [-0.3, -0.25) is 4.98 Å². The van der Waals surface area contributed by atoms with Gasteiger partial charge >= 0.3 is 0 Å². The number of pyridine rings is 1. The standard InChI is InChI=1S/C14H19N5S/c1-3-6-20-14-18-11(12(15)13(16)19-14)7-10-5-4-9(2)17-8-10/h4-5,8H,3,6-7,15H2,1-2H3,(H2,16,18,19). The van der Waals surface area contributed by atoms with Gasteiger partial charge in [0.1, 0.15) is 0 Å². The quantitative estimate of drug-likeness (QED) is 0.649. The van der Waals surface area contributed by atoms with Crippen molar-refractivity contribution in [3.63, 3.8) is 0 Å². The van der Waals surface area contributed by atoms with Crippen molar-refractivity contribution in [2.45, 2.75) is 31.8 Å². The number of nitrogens with zero attached hydrogens (tertiary/aromatic N) is 3. The number of hydrogen-bond donors (Lipinski definition) is 2. The van der Waals surface area contributed by atoms with Crippen LogP contribution >= 0.6 is 11.8 Å². The van der Waals surface area contributed by atoms with E-state index in [9.17, 15) is 0 Å². The minimum absolute atomic E-state index is 0.355. The highest BCUT2D eigenvalue weighted by molar-refractivity contribution is 7.99. The van der Waals surface area contributed by atoms with Crippen molar-refractivity contribution >= 4 is 23.3 Å². The van der Waals surface area contributed by atoms with Gasteiger partial charge in [0, 0.05) is 24.1 Å². The summed E-state index contributed by atoms with van der Waals surface area (Å²) in [5.41, 5.74) is 15.1. The molecule has 0 bridgehead atoms. The molecular formula is C14H19N5S. The molecule has 0 aliphatic heterocycles. The van der Waals surface area contributed by atoms with Gasteiger partial charge in [-0.25, -0.2) is 9.97 Å². The summed E-state index contributed by atoms with van der Waals surface area (Å²) in [5, 5.41) is 0.689. The van der Waals surface area contributed by atoms with Gasteiger partial charge in [0.15, 0.2) is 11.0 Å². The lowest BCUT2D eigenvalue weighted by Gasteiger charge is -2.09. The molecule has 2 rings (SSSR count). The SMILES string of the molecule is CCCSc1nc(N)c(N)c(Cc2ccc(C)nc2)n1. The number of nitrogens with two attached hydrogens (primary N) is 2. The van der Waals surface area contributed by atoms with E-state index in [0.29, 0.717) is 23.1 Å². The molecule has 0 amide bonds. The summed E-state index contributed by atoms with van der Waals surface area (Å²) in [6, 6.07) is 4.00. The van der Waals surface area contributed by atoms with Crippen molar-refractivity contribution in [1.82, 2.24) is 15.0 Å². The molecule has 0 unspecified atom stereocenters. The van der Waals surface area contributed by atoms with Crippen LogP contribution in [-0.4, -0.2) is 20.7 Å². The van der Waals surface area contributed by atoms with E-state index in [1.165, 1.54) is 0 Å². The van der Waals surface area contributed by atoms with Gasteiger partial charge in [0.25, 0.3) is 0 Å². The monoisotopic (exact) mass is 289 g/mol. The summed E-state index contributed by atoms with van der Waals surface area (Å²) in [7, 11) is 0. The number of anilines is 2. The van der Waals surface area contributed by atoms with Crippen molar-refractivity contribution in [2.75, 3.05) is 17.2 Å². The van der Waals surface area contributed by atoms with Crippen LogP contribution in [0.5, 0.6) is 0 Å². The maximum absolute atomic E-state index is 5.98. The summed E-state index contributed by atoms with van der Waals surface area (Å²) in [6.07, 6.45) is 3.52. The van der Waals surface area contributed by atoms with Gasteiger partial charge in [0.05, 0.1) is 11.4 Å². The number of rotatable bonds is 5. The highest BCUT2D eigenvalue weighted by Crippen LogP contribution is 2.24. The number of hydrogen-bond acceptors (Lipinski definition) is 6. The van der Waals surface area contributed by atoms with Crippen LogP contribution < -0.4 is 11.5 Å². The molecule has 0 atom stereocenters. The van der Waals surface area contributed by atoms with E-state index in [1.54, 1.807) is 11.8 Å². The van der Waals surface area contributed by atoms with Crippen LogP contribution in [0.15, 0.2) is 23.5 Å². The molecule has 5 nitrogen and oxygen atoms in total. The average molecular weight is 289 g/mol. The molecule has 0 aliphatic carbocycles. The second-order valence-electron chi connectivity index (χ2n) is 4.58. The van der Waals surface area contributed by atoms with E-state index in [4.69, 9.17) is 11.5 Å². The molecule has 0 saturated heterocycles. The predicted molar refractivity (Wildman–Crippen MR) is 83.7 cm³/mol. The topological polar surface area (TPSA) is 90.7 Å². The fraction of sp³-hybridized carbons (Fsp3) is 0.357. The van der Waals surface area contributed by atoms with Crippen LogP contribution in [0.3, 0.4) is 0 Å². The molecule has 20 heavy (non-hydrogen) atoms. The van der Waals surface area contributed by atoms with E-state index in [2.05, 4.69) is 21.9 Å². The Morgan fingerprint density at radius 3 is 2.65 bits per heavy atom. The fourth-order valence-corrected chi connectivity index (χ4v) is 2.43. The molecule has 106 valence electrons. The molecule has 4 N–H and O–H groups in total. The van der Waals surface area contributed by atoms with Crippen molar-refractivity contribution in [3.8, 4) is 0 Å². The van der Waals surface area contributed by atoms with Crippen molar-refractivity contribution in [3.05, 3.63) is 35.3 Å².